The molecule has 1 fully saturated rings. The topological polar surface area (TPSA) is 45.7 Å². The second kappa shape index (κ2) is 7.19. The van der Waals surface area contributed by atoms with E-state index in [2.05, 4.69) is 15.8 Å². The first-order chi connectivity index (χ1) is 9.15. The van der Waals surface area contributed by atoms with E-state index in [4.69, 9.17) is 28.6 Å². The van der Waals surface area contributed by atoms with E-state index in [-0.39, 0.29) is 6.10 Å². The molecule has 0 bridgehead atoms. The van der Waals surface area contributed by atoms with Crippen molar-refractivity contribution in [1.82, 2.24) is 10.7 Å². The van der Waals surface area contributed by atoms with Gasteiger partial charge in [-0.25, -0.2) is 0 Å². The fourth-order valence-corrected chi connectivity index (χ4v) is 2.87. The quantitative estimate of drug-likeness (QED) is 0.509. The van der Waals surface area contributed by atoms with E-state index in [1.54, 1.807) is 0 Å². The van der Waals surface area contributed by atoms with Crippen molar-refractivity contribution in [3.63, 3.8) is 0 Å². The molecule has 0 saturated carbocycles. The van der Waals surface area contributed by atoms with E-state index in [0.29, 0.717) is 5.11 Å². The average Bonchev–Trinajstić information content (AvgIpc) is 3.04. The molecule has 0 amide bonds. The number of nitrogens with zero attached hydrogens (tertiary/aromatic N) is 1. The van der Waals surface area contributed by atoms with Crippen molar-refractivity contribution in [1.29, 1.82) is 0 Å². The minimum absolute atomic E-state index is 0.265. The molecular formula is C12H16ClN3OS2. The summed E-state index contributed by atoms with van der Waals surface area (Å²) in [5, 5.41) is 7.84. The molecule has 2 heterocycles. The molecule has 1 aromatic rings. The van der Waals surface area contributed by atoms with Crippen molar-refractivity contribution in [3.8, 4) is 0 Å². The highest BCUT2D eigenvalue weighted by atomic mass is 35.5. The van der Waals surface area contributed by atoms with Gasteiger partial charge in [-0.1, -0.05) is 11.6 Å². The third-order valence-corrected chi connectivity index (χ3v) is 4.34. The second-order valence-corrected chi connectivity index (χ2v) is 6.38. The fourth-order valence-electron chi connectivity index (χ4n) is 1.75. The lowest BCUT2D eigenvalue weighted by molar-refractivity contribution is 0.114. The molecule has 1 saturated heterocycles. The summed E-state index contributed by atoms with van der Waals surface area (Å²) in [6, 6.07) is 3.80. The maximum atomic E-state index is 5.88. The Kier molecular flexibility index (Phi) is 5.57. The number of rotatable bonds is 4. The summed E-state index contributed by atoms with van der Waals surface area (Å²) >= 11 is 12.5. The van der Waals surface area contributed by atoms with Crippen LogP contribution in [0, 0.1) is 0 Å². The minimum atomic E-state index is 0.265. The van der Waals surface area contributed by atoms with Crippen LogP contribution in [0.15, 0.2) is 17.2 Å². The predicted octanol–water partition coefficient (Wildman–Crippen LogP) is 2.77. The van der Waals surface area contributed by atoms with Gasteiger partial charge < -0.3 is 10.1 Å². The Hall–Kier alpha value is -0.690. The molecule has 1 aliphatic rings. The number of thiocarbonyl (C=S) groups is 1. The van der Waals surface area contributed by atoms with Crippen LogP contribution in [0.3, 0.4) is 0 Å². The SMILES string of the molecule is C/C(=N/NC(=S)NC[C@H]1CCCO1)c1ccc(Cl)s1. The average molecular weight is 318 g/mol. The van der Waals surface area contributed by atoms with Gasteiger partial charge in [-0.2, -0.15) is 5.10 Å². The van der Waals surface area contributed by atoms with Crippen molar-refractivity contribution in [3.05, 3.63) is 21.3 Å². The van der Waals surface area contributed by atoms with E-state index < -0.39 is 0 Å². The maximum Gasteiger partial charge on any atom is 0.187 e. The molecule has 0 aromatic carbocycles. The normalized spacial score (nSPS) is 19.5. The molecule has 0 aliphatic carbocycles. The monoisotopic (exact) mass is 317 g/mol. The third kappa shape index (κ3) is 4.72. The zero-order chi connectivity index (χ0) is 13.7. The van der Waals surface area contributed by atoms with Crippen LogP contribution in [0.1, 0.15) is 24.6 Å². The summed E-state index contributed by atoms with van der Waals surface area (Å²) in [4.78, 5) is 1.03. The van der Waals surface area contributed by atoms with Crippen LogP contribution in [0.4, 0.5) is 0 Å². The first-order valence-corrected chi connectivity index (χ1v) is 7.71. The standard InChI is InChI=1S/C12H16ClN3OS2/c1-8(10-4-5-11(13)19-10)15-16-12(18)14-7-9-3-2-6-17-9/h4-5,9H,2-3,6-7H2,1H3,(H2,14,16,18)/b15-8-/t9-/m1/s1. The van der Waals surface area contributed by atoms with Gasteiger partial charge in [0.25, 0.3) is 0 Å². The summed E-state index contributed by atoms with van der Waals surface area (Å²) in [5.41, 5.74) is 3.69. The van der Waals surface area contributed by atoms with Crippen LogP contribution < -0.4 is 10.7 Å². The van der Waals surface area contributed by atoms with Crippen LogP contribution in [0.5, 0.6) is 0 Å². The van der Waals surface area contributed by atoms with E-state index in [0.717, 1.165) is 40.9 Å². The van der Waals surface area contributed by atoms with E-state index in [1.807, 2.05) is 19.1 Å². The number of nitrogens with one attached hydrogen (secondary N) is 2. The van der Waals surface area contributed by atoms with Crippen molar-refractivity contribution in [2.24, 2.45) is 5.10 Å². The van der Waals surface area contributed by atoms with Crippen LogP contribution in [0.2, 0.25) is 4.34 Å². The zero-order valence-electron chi connectivity index (χ0n) is 10.6. The highest BCUT2D eigenvalue weighted by Gasteiger charge is 2.15. The Labute approximate surface area is 127 Å². The third-order valence-electron chi connectivity index (χ3n) is 2.77. The van der Waals surface area contributed by atoms with Gasteiger partial charge in [-0.3, -0.25) is 5.43 Å². The second-order valence-electron chi connectivity index (χ2n) is 4.26. The number of halogens is 1. The summed E-state index contributed by atoms with van der Waals surface area (Å²) < 4.78 is 6.26. The van der Waals surface area contributed by atoms with Crippen LogP contribution in [-0.2, 0) is 4.74 Å². The van der Waals surface area contributed by atoms with Crippen molar-refractivity contribution in [2.45, 2.75) is 25.9 Å². The molecule has 19 heavy (non-hydrogen) atoms. The number of ether oxygens (including phenoxy) is 1. The van der Waals surface area contributed by atoms with Gasteiger partial charge in [0.1, 0.15) is 0 Å². The molecule has 1 atom stereocenters. The lowest BCUT2D eigenvalue weighted by Crippen LogP contribution is -2.37. The van der Waals surface area contributed by atoms with Gasteiger partial charge in [0, 0.05) is 13.2 Å². The Morgan fingerprint density at radius 3 is 3.11 bits per heavy atom. The molecule has 1 aromatic heterocycles. The van der Waals surface area contributed by atoms with Crippen molar-refractivity contribution >= 4 is 46.0 Å². The van der Waals surface area contributed by atoms with E-state index in [9.17, 15) is 0 Å². The van der Waals surface area contributed by atoms with Gasteiger partial charge in [-0.15, -0.1) is 11.3 Å². The maximum absolute atomic E-state index is 5.88. The number of hydrazone groups is 1. The molecule has 104 valence electrons. The number of hydrogen-bond donors (Lipinski definition) is 2. The Morgan fingerprint density at radius 2 is 2.47 bits per heavy atom. The van der Waals surface area contributed by atoms with Crippen LogP contribution >= 0.6 is 35.2 Å². The molecule has 7 heteroatoms. The zero-order valence-corrected chi connectivity index (χ0v) is 13.0. The van der Waals surface area contributed by atoms with Crippen LogP contribution in [-0.4, -0.2) is 30.1 Å². The summed E-state index contributed by atoms with van der Waals surface area (Å²) in [6.07, 6.45) is 2.48. The van der Waals surface area contributed by atoms with Gasteiger partial charge >= 0.3 is 0 Å². The summed E-state index contributed by atoms with van der Waals surface area (Å²) in [6.45, 7) is 3.49. The minimum Gasteiger partial charge on any atom is -0.376 e. The Morgan fingerprint density at radius 1 is 1.63 bits per heavy atom. The molecule has 4 nitrogen and oxygen atoms in total. The summed E-state index contributed by atoms with van der Waals surface area (Å²) in [5.74, 6) is 0. The highest BCUT2D eigenvalue weighted by Crippen LogP contribution is 2.21. The van der Waals surface area contributed by atoms with Gasteiger partial charge in [0.2, 0.25) is 0 Å². The molecule has 1 aliphatic heterocycles. The summed E-state index contributed by atoms with van der Waals surface area (Å²) in [7, 11) is 0. The molecule has 0 spiro atoms. The molecule has 0 radical (unpaired) electrons. The smallest absolute Gasteiger partial charge is 0.187 e. The first kappa shape index (κ1) is 14.7. The molecule has 2 N–H and O–H groups in total. The van der Waals surface area contributed by atoms with E-state index >= 15 is 0 Å². The number of hydrogen-bond acceptors (Lipinski definition) is 4. The van der Waals surface area contributed by atoms with Crippen LogP contribution in [0.25, 0.3) is 0 Å². The van der Waals surface area contributed by atoms with Crippen molar-refractivity contribution in [2.75, 3.05) is 13.2 Å². The first-order valence-electron chi connectivity index (χ1n) is 6.10. The van der Waals surface area contributed by atoms with Crippen molar-refractivity contribution < 1.29 is 4.74 Å². The Balaban J connectivity index is 1.75. The van der Waals surface area contributed by atoms with Gasteiger partial charge in [0.15, 0.2) is 5.11 Å². The highest BCUT2D eigenvalue weighted by molar-refractivity contribution is 7.80. The molecule has 0 unspecified atom stereocenters. The molecular weight excluding hydrogens is 302 g/mol. The Bertz CT molecular complexity index is 469. The van der Waals surface area contributed by atoms with Gasteiger partial charge in [-0.05, 0) is 44.1 Å². The van der Waals surface area contributed by atoms with Gasteiger partial charge in [0.05, 0.1) is 21.0 Å². The fraction of sp³-hybridized carbons (Fsp3) is 0.500. The predicted molar refractivity (Wildman–Crippen MR) is 84.3 cm³/mol. The lowest BCUT2D eigenvalue weighted by atomic mass is 10.2. The number of thiophene rings is 1. The van der Waals surface area contributed by atoms with E-state index in [1.165, 1.54) is 11.3 Å². The largest absolute Gasteiger partial charge is 0.376 e. The molecule has 2 rings (SSSR count). The lowest BCUT2D eigenvalue weighted by Gasteiger charge is -2.12.